The average Bonchev–Trinajstić information content (AvgIpc) is 3.26. The molecule has 4 unspecified atom stereocenters. The number of carbonyl (C=O) groups is 1. The van der Waals surface area contributed by atoms with E-state index in [2.05, 4.69) is 52.3 Å². The molecule has 1 aliphatic heterocycles. The van der Waals surface area contributed by atoms with Gasteiger partial charge in [0.2, 0.25) is 5.91 Å². The number of thiophene rings is 1. The van der Waals surface area contributed by atoms with Gasteiger partial charge >= 0.3 is 0 Å². The Morgan fingerprint density at radius 3 is 2.84 bits per heavy atom. The maximum atomic E-state index is 12.5. The lowest BCUT2D eigenvalue weighted by Crippen LogP contribution is -2.48. The molecule has 1 aromatic heterocycles. The highest BCUT2D eigenvalue weighted by molar-refractivity contribution is 7.10. The van der Waals surface area contributed by atoms with E-state index in [1.165, 1.54) is 17.7 Å². The Balaban J connectivity index is 1.62. The lowest BCUT2D eigenvalue weighted by molar-refractivity contribution is -0.126. The Morgan fingerprint density at radius 1 is 1.29 bits per heavy atom. The minimum Gasteiger partial charge on any atom is -0.357 e. The standard InChI is InChI=1S/C24H41N5OS/c1-5-25-24(28-20-11-6-9-18(15-20)23(30)27-17(2)3)26-16-19-10-7-13-29(4)22(19)21-12-8-14-31-21/h8,12,14,17-20,22H,5-7,9-11,13,15-16H2,1-4H3,(H,27,30)(H2,25,26,28). The highest BCUT2D eigenvalue weighted by atomic mass is 32.1. The lowest BCUT2D eigenvalue weighted by Gasteiger charge is -2.38. The Kier molecular flexibility index (Phi) is 9.20. The molecule has 2 heterocycles. The van der Waals surface area contributed by atoms with Crippen molar-refractivity contribution in [3.05, 3.63) is 22.4 Å². The molecule has 1 saturated heterocycles. The number of aliphatic imine (C=N–C) groups is 1. The molecule has 0 radical (unpaired) electrons. The summed E-state index contributed by atoms with van der Waals surface area (Å²) in [7, 11) is 2.24. The Morgan fingerprint density at radius 2 is 2.13 bits per heavy atom. The molecule has 2 fully saturated rings. The molecular weight excluding hydrogens is 406 g/mol. The number of amides is 1. The van der Waals surface area contributed by atoms with Gasteiger partial charge in [0.1, 0.15) is 0 Å². The molecule has 7 heteroatoms. The van der Waals surface area contributed by atoms with Gasteiger partial charge in [-0.15, -0.1) is 11.3 Å². The van der Waals surface area contributed by atoms with Crippen molar-refractivity contribution in [1.29, 1.82) is 0 Å². The van der Waals surface area contributed by atoms with E-state index in [1.807, 2.05) is 25.2 Å². The summed E-state index contributed by atoms with van der Waals surface area (Å²) in [4.78, 5) is 21.5. The van der Waals surface area contributed by atoms with Crippen LogP contribution in [-0.4, -0.2) is 55.5 Å². The lowest BCUT2D eigenvalue weighted by atomic mass is 9.85. The molecule has 0 spiro atoms. The summed E-state index contributed by atoms with van der Waals surface area (Å²) < 4.78 is 0. The van der Waals surface area contributed by atoms with Crippen molar-refractivity contribution >= 4 is 23.2 Å². The topological polar surface area (TPSA) is 68.8 Å². The van der Waals surface area contributed by atoms with Gasteiger partial charge in [-0.25, -0.2) is 0 Å². The van der Waals surface area contributed by atoms with E-state index in [-0.39, 0.29) is 17.9 Å². The largest absolute Gasteiger partial charge is 0.357 e. The van der Waals surface area contributed by atoms with Gasteiger partial charge in [0.15, 0.2) is 5.96 Å². The van der Waals surface area contributed by atoms with Crippen molar-refractivity contribution in [3.8, 4) is 0 Å². The van der Waals surface area contributed by atoms with E-state index in [1.54, 1.807) is 0 Å². The highest BCUT2D eigenvalue weighted by Gasteiger charge is 2.31. The van der Waals surface area contributed by atoms with Gasteiger partial charge in [-0.1, -0.05) is 12.5 Å². The van der Waals surface area contributed by atoms with Gasteiger partial charge < -0.3 is 16.0 Å². The fourth-order valence-electron chi connectivity index (χ4n) is 5.04. The summed E-state index contributed by atoms with van der Waals surface area (Å²) in [5.74, 6) is 1.73. The molecule has 1 aromatic rings. The van der Waals surface area contributed by atoms with E-state index in [4.69, 9.17) is 4.99 Å². The molecule has 1 amide bonds. The van der Waals surface area contributed by atoms with Crippen LogP contribution in [0.3, 0.4) is 0 Å². The maximum Gasteiger partial charge on any atom is 0.223 e. The van der Waals surface area contributed by atoms with Crippen LogP contribution in [-0.2, 0) is 4.79 Å². The third-order valence-electron chi connectivity index (χ3n) is 6.49. The quantitative estimate of drug-likeness (QED) is 0.440. The Labute approximate surface area is 192 Å². The van der Waals surface area contributed by atoms with Crippen molar-refractivity contribution in [2.24, 2.45) is 16.8 Å². The van der Waals surface area contributed by atoms with Crippen molar-refractivity contribution in [3.63, 3.8) is 0 Å². The molecule has 31 heavy (non-hydrogen) atoms. The fraction of sp³-hybridized carbons (Fsp3) is 0.750. The molecule has 6 nitrogen and oxygen atoms in total. The summed E-state index contributed by atoms with van der Waals surface area (Å²) >= 11 is 1.86. The van der Waals surface area contributed by atoms with Gasteiger partial charge in [-0.3, -0.25) is 14.7 Å². The third kappa shape index (κ3) is 6.94. The molecule has 2 aliphatic rings. The minimum atomic E-state index is 0.103. The minimum absolute atomic E-state index is 0.103. The number of carbonyl (C=O) groups excluding carboxylic acids is 1. The monoisotopic (exact) mass is 447 g/mol. The third-order valence-corrected chi connectivity index (χ3v) is 7.43. The summed E-state index contributed by atoms with van der Waals surface area (Å²) in [6.45, 7) is 8.99. The van der Waals surface area contributed by atoms with Crippen LogP contribution in [0.15, 0.2) is 22.5 Å². The zero-order valence-corrected chi connectivity index (χ0v) is 20.5. The first kappa shape index (κ1) is 24.1. The number of rotatable bonds is 7. The number of hydrogen-bond acceptors (Lipinski definition) is 4. The van der Waals surface area contributed by atoms with Gasteiger partial charge in [-0.05, 0) is 83.8 Å². The van der Waals surface area contributed by atoms with E-state index >= 15 is 0 Å². The molecule has 0 bridgehead atoms. The van der Waals surface area contributed by atoms with E-state index in [0.29, 0.717) is 18.0 Å². The SMILES string of the molecule is CCNC(=NCC1CCCN(C)C1c1cccs1)NC1CCCC(C(=O)NC(C)C)C1. The second-order valence-electron chi connectivity index (χ2n) is 9.43. The van der Waals surface area contributed by atoms with E-state index in [9.17, 15) is 4.79 Å². The summed E-state index contributed by atoms with van der Waals surface area (Å²) in [5, 5.41) is 12.3. The number of nitrogens with one attached hydrogen (secondary N) is 3. The first-order valence-corrected chi connectivity index (χ1v) is 12.9. The van der Waals surface area contributed by atoms with Gasteiger partial charge in [-0.2, -0.15) is 0 Å². The van der Waals surface area contributed by atoms with Crippen molar-refractivity contribution < 1.29 is 4.79 Å². The van der Waals surface area contributed by atoms with Crippen LogP contribution in [0.25, 0.3) is 0 Å². The van der Waals surface area contributed by atoms with Crippen LogP contribution in [0.2, 0.25) is 0 Å². The van der Waals surface area contributed by atoms with Crippen LogP contribution in [0.1, 0.15) is 70.2 Å². The van der Waals surface area contributed by atoms with Crippen molar-refractivity contribution in [2.45, 2.75) is 77.4 Å². The molecular formula is C24H41N5OS. The molecule has 4 atom stereocenters. The molecule has 3 N–H and O–H groups in total. The molecule has 1 aliphatic carbocycles. The predicted octanol–water partition coefficient (Wildman–Crippen LogP) is 3.77. The van der Waals surface area contributed by atoms with Crippen LogP contribution >= 0.6 is 11.3 Å². The first-order valence-electron chi connectivity index (χ1n) is 12.1. The average molecular weight is 448 g/mol. The highest BCUT2D eigenvalue weighted by Crippen LogP contribution is 2.37. The van der Waals surface area contributed by atoms with Gasteiger partial charge in [0, 0.05) is 42.0 Å². The predicted molar refractivity (Wildman–Crippen MR) is 131 cm³/mol. The maximum absolute atomic E-state index is 12.5. The van der Waals surface area contributed by atoms with Crippen molar-refractivity contribution in [2.75, 3.05) is 26.7 Å². The molecule has 1 saturated carbocycles. The Hall–Kier alpha value is -1.60. The van der Waals surface area contributed by atoms with E-state index in [0.717, 1.165) is 51.3 Å². The second kappa shape index (κ2) is 11.9. The van der Waals surface area contributed by atoms with Crippen molar-refractivity contribution in [1.82, 2.24) is 20.9 Å². The Bertz CT molecular complexity index is 705. The van der Waals surface area contributed by atoms with Gasteiger partial charge in [0.25, 0.3) is 0 Å². The zero-order chi connectivity index (χ0) is 22.2. The summed E-state index contributed by atoms with van der Waals surface area (Å²) in [6, 6.07) is 5.38. The number of piperidine rings is 1. The summed E-state index contributed by atoms with van der Waals surface area (Å²) in [5.41, 5.74) is 0. The summed E-state index contributed by atoms with van der Waals surface area (Å²) in [6.07, 6.45) is 6.50. The molecule has 0 aromatic carbocycles. The van der Waals surface area contributed by atoms with Gasteiger partial charge in [0.05, 0.1) is 0 Å². The zero-order valence-electron chi connectivity index (χ0n) is 19.7. The number of likely N-dealkylation sites (tertiary alicyclic amines) is 1. The first-order chi connectivity index (χ1) is 15.0. The normalized spacial score (nSPS) is 27.8. The van der Waals surface area contributed by atoms with E-state index < -0.39 is 0 Å². The second-order valence-corrected chi connectivity index (χ2v) is 10.4. The molecule has 3 rings (SSSR count). The van der Waals surface area contributed by atoms with Crippen LogP contribution in [0.4, 0.5) is 0 Å². The number of guanidine groups is 1. The van der Waals surface area contributed by atoms with Crippen LogP contribution < -0.4 is 16.0 Å². The molecule has 174 valence electrons. The fourth-order valence-corrected chi connectivity index (χ4v) is 6.03. The smallest absolute Gasteiger partial charge is 0.223 e. The van der Waals surface area contributed by atoms with Crippen LogP contribution in [0, 0.1) is 11.8 Å². The number of hydrogen-bond donors (Lipinski definition) is 3. The number of nitrogens with zero attached hydrogens (tertiary/aromatic N) is 2. The van der Waals surface area contributed by atoms with Crippen LogP contribution in [0.5, 0.6) is 0 Å².